The maximum atomic E-state index is 11.5. The number of nitrogens with one attached hydrogen (secondary N) is 1. The lowest BCUT2D eigenvalue weighted by Gasteiger charge is -2.10. The molecule has 0 aliphatic heterocycles. The number of carbonyl (C=O) groups excluding carboxylic acids is 1. The highest BCUT2D eigenvalue weighted by Gasteiger charge is 2.21. The van der Waals surface area contributed by atoms with Crippen LogP contribution in [-0.2, 0) is 14.8 Å². The van der Waals surface area contributed by atoms with Gasteiger partial charge in [0.05, 0.1) is 4.90 Å². The van der Waals surface area contributed by atoms with E-state index in [1.807, 2.05) is 0 Å². The smallest absolute Gasteiger partial charge is 0.257 e. The highest BCUT2D eigenvalue weighted by Crippen LogP contribution is 2.27. The molecular formula is C13H18N2O4S. The maximum Gasteiger partial charge on any atom is 0.257 e. The van der Waals surface area contributed by atoms with E-state index in [1.54, 1.807) is 6.92 Å². The second-order valence-corrected chi connectivity index (χ2v) is 6.57. The van der Waals surface area contributed by atoms with Crippen molar-refractivity contribution in [2.24, 2.45) is 11.1 Å². The molecule has 2 rings (SSSR count). The second-order valence-electron chi connectivity index (χ2n) is 5.01. The van der Waals surface area contributed by atoms with E-state index in [1.165, 1.54) is 31.0 Å². The van der Waals surface area contributed by atoms with Crippen LogP contribution in [-0.4, -0.2) is 27.5 Å². The van der Waals surface area contributed by atoms with Gasteiger partial charge in [-0.2, -0.15) is 0 Å². The standard InChI is InChI=1S/C13H18N2O4S/c1-9-6-11(20(14,17)18)4-5-12(9)19-8-13(16)15-7-10-2-3-10/h4-6,10H,2-3,7-8H2,1H3,(H,15,16)(H2,14,17,18). The fourth-order valence-corrected chi connectivity index (χ4v) is 2.33. The van der Waals surface area contributed by atoms with Gasteiger partial charge in [0.2, 0.25) is 10.0 Å². The molecule has 110 valence electrons. The summed E-state index contributed by atoms with van der Waals surface area (Å²) in [6.07, 6.45) is 2.35. The van der Waals surface area contributed by atoms with Crippen molar-refractivity contribution in [3.8, 4) is 5.75 Å². The van der Waals surface area contributed by atoms with Crippen LogP contribution in [0.4, 0.5) is 0 Å². The normalized spacial score (nSPS) is 14.9. The van der Waals surface area contributed by atoms with Crippen molar-refractivity contribution in [2.45, 2.75) is 24.7 Å². The average molecular weight is 298 g/mol. The van der Waals surface area contributed by atoms with Gasteiger partial charge in [-0.25, -0.2) is 13.6 Å². The van der Waals surface area contributed by atoms with Crippen LogP contribution < -0.4 is 15.2 Å². The Labute approximate surface area is 118 Å². The third-order valence-electron chi connectivity index (χ3n) is 3.12. The topological polar surface area (TPSA) is 98.5 Å². The lowest BCUT2D eigenvalue weighted by Crippen LogP contribution is -2.30. The Morgan fingerprint density at radius 1 is 1.45 bits per heavy atom. The molecule has 3 N–H and O–H groups in total. The van der Waals surface area contributed by atoms with Crippen LogP contribution >= 0.6 is 0 Å². The Balaban J connectivity index is 1.90. The van der Waals surface area contributed by atoms with E-state index in [0.29, 0.717) is 23.8 Å². The molecule has 0 spiro atoms. The summed E-state index contributed by atoms with van der Waals surface area (Å²) < 4.78 is 27.8. The molecule has 1 aliphatic carbocycles. The van der Waals surface area contributed by atoms with Crippen LogP contribution in [0, 0.1) is 12.8 Å². The average Bonchev–Trinajstić information content (AvgIpc) is 3.17. The fourth-order valence-electron chi connectivity index (χ4n) is 1.74. The number of nitrogens with two attached hydrogens (primary N) is 1. The molecule has 1 amide bonds. The summed E-state index contributed by atoms with van der Waals surface area (Å²) in [6.45, 7) is 2.32. The van der Waals surface area contributed by atoms with Crippen molar-refractivity contribution >= 4 is 15.9 Å². The van der Waals surface area contributed by atoms with Crippen LogP contribution in [0.3, 0.4) is 0 Å². The zero-order valence-corrected chi connectivity index (χ0v) is 12.1. The van der Waals surface area contributed by atoms with Gasteiger partial charge in [-0.1, -0.05) is 0 Å². The molecule has 1 fully saturated rings. The van der Waals surface area contributed by atoms with Crippen molar-refractivity contribution < 1.29 is 17.9 Å². The summed E-state index contributed by atoms with van der Waals surface area (Å²) >= 11 is 0. The van der Waals surface area contributed by atoms with Crippen LogP contribution in [0.1, 0.15) is 18.4 Å². The largest absolute Gasteiger partial charge is 0.484 e. The van der Waals surface area contributed by atoms with Gasteiger partial charge in [-0.15, -0.1) is 0 Å². The number of aryl methyl sites for hydroxylation is 1. The third kappa shape index (κ3) is 4.21. The predicted octanol–water partition coefficient (Wildman–Crippen LogP) is 0.547. The zero-order chi connectivity index (χ0) is 14.8. The molecule has 1 aliphatic rings. The van der Waals surface area contributed by atoms with Gasteiger partial charge >= 0.3 is 0 Å². The van der Waals surface area contributed by atoms with Gasteiger partial charge in [0, 0.05) is 6.54 Å². The van der Waals surface area contributed by atoms with E-state index in [-0.39, 0.29) is 17.4 Å². The fraction of sp³-hybridized carbons (Fsp3) is 0.462. The first kappa shape index (κ1) is 14.8. The summed E-state index contributed by atoms with van der Waals surface area (Å²) in [7, 11) is -3.72. The lowest BCUT2D eigenvalue weighted by molar-refractivity contribution is -0.123. The minimum Gasteiger partial charge on any atom is -0.484 e. The van der Waals surface area contributed by atoms with E-state index in [0.717, 1.165) is 0 Å². The van der Waals surface area contributed by atoms with Crippen LogP contribution in [0.2, 0.25) is 0 Å². The molecule has 0 aromatic heterocycles. The highest BCUT2D eigenvalue weighted by molar-refractivity contribution is 7.89. The molecule has 0 heterocycles. The summed E-state index contributed by atoms with van der Waals surface area (Å²) in [5.41, 5.74) is 0.617. The highest BCUT2D eigenvalue weighted by atomic mass is 32.2. The molecule has 6 nitrogen and oxygen atoms in total. The number of carbonyl (C=O) groups is 1. The number of hydrogen-bond donors (Lipinski definition) is 2. The Hall–Kier alpha value is -1.60. The number of sulfonamides is 1. The molecule has 1 aromatic rings. The Morgan fingerprint density at radius 2 is 2.15 bits per heavy atom. The number of hydrogen-bond acceptors (Lipinski definition) is 4. The summed E-state index contributed by atoms with van der Waals surface area (Å²) in [5.74, 6) is 0.917. The predicted molar refractivity (Wildman–Crippen MR) is 73.8 cm³/mol. The summed E-state index contributed by atoms with van der Waals surface area (Å²) in [5, 5.41) is 7.83. The van der Waals surface area contributed by atoms with Gasteiger partial charge in [0.15, 0.2) is 6.61 Å². The Morgan fingerprint density at radius 3 is 2.70 bits per heavy atom. The summed E-state index contributed by atoms with van der Waals surface area (Å²) in [4.78, 5) is 11.6. The first-order valence-corrected chi connectivity index (χ1v) is 7.94. The second kappa shape index (κ2) is 5.80. The molecule has 0 unspecified atom stereocenters. The molecule has 0 saturated heterocycles. The monoisotopic (exact) mass is 298 g/mol. The first-order chi connectivity index (χ1) is 9.36. The maximum absolute atomic E-state index is 11.5. The van der Waals surface area contributed by atoms with Gasteiger partial charge in [0.1, 0.15) is 5.75 Å². The first-order valence-electron chi connectivity index (χ1n) is 6.39. The van der Waals surface area contributed by atoms with Gasteiger partial charge in [0.25, 0.3) is 5.91 Å². The quantitative estimate of drug-likeness (QED) is 0.801. The van der Waals surface area contributed by atoms with E-state index in [9.17, 15) is 13.2 Å². The molecule has 0 radical (unpaired) electrons. The molecule has 7 heteroatoms. The van der Waals surface area contributed by atoms with E-state index < -0.39 is 10.0 Å². The number of benzene rings is 1. The van der Waals surface area contributed by atoms with Crippen molar-refractivity contribution in [1.29, 1.82) is 0 Å². The van der Waals surface area contributed by atoms with E-state index >= 15 is 0 Å². The SMILES string of the molecule is Cc1cc(S(N)(=O)=O)ccc1OCC(=O)NCC1CC1. The van der Waals surface area contributed by atoms with Gasteiger partial charge < -0.3 is 10.1 Å². The third-order valence-corrected chi connectivity index (χ3v) is 4.03. The van der Waals surface area contributed by atoms with E-state index in [2.05, 4.69) is 5.32 Å². The molecule has 0 atom stereocenters. The van der Waals surface area contributed by atoms with Crippen LogP contribution in [0.25, 0.3) is 0 Å². The van der Waals surface area contributed by atoms with Gasteiger partial charge in [-0.05, 0) is 49.4 Å². The van der Waals surface area contributed by atoms with Crippen LogP contribution in [0.15, 0.2) is 23.1 Å². The zero-order valence-electron chi connectivity index (χ0n) is 11.3. The van der Waals surface area contributed by atoms with Crippen molar-refractivity contribution in [2.75, 3.05) is 13.2 Å². The van der Waals surface area contributed by atoms with Crippen molar-refractivity contribution in [3.05, 3.63) is 23.8 Å². The number of primary sulfonamides is 1. The Kier molecular flexibility index (Phi) is 4.29. The molecule has 0 bridgehead atoms. The summed E-state index contributed by atoms with van der Waals surface area (Å²) in [6, 6.07) is 4.29. The Bertz CT molecular complexity index is 609. The molecular weight excluding hydrogens is 280 g/mol. The molecule has 1 saturated carbocycles. The molecule has 20 heavy (non-hydrogen) atoms. The van der Waals surface area contributed by atoms with Crippen LogP contribution in [0.5, 0.6) is 5.75 Å². The minimum atomic E-state index is -3.72. The number of ether oxygens (including phenoxy) is 1. The lowest BCUT2D eigenvalue weighted by atomic mass is 10.2. The minimum absolute atomic E-state index is 0.0283. The number of amides is 1. The van der Waals surface area contributed by atoms with Crippen molar-refractivity contribution in [1.82, 2.24) is 5.32 Å². The van der Waals surface area contributed by atoms with Gasteiger partial charge in [-0.3, -0.25) is 4.79 Å². The van der Waals surface area contributed by atoms with Crippen molar-refractivity contribution in [3.63, 3.8) is 0 Å². The number of rotatable bonds is 6. The molecule has 1 aromatic carbocycles. The van der Waals surface area contributed by atoms with E-state index in [4.69, 9.17) is 9.88 Å².